The Morgan fingerprint density at radius 3 is 2.27 bits per heavy atom. The van der Waals surface area contributed by atoms with Crippen molar-refractivity contribution in [2.45, 2.75) is 45.6 Å². The molecule has 0 atom stereocenters. The van der Waals surface area contributed by atoms with Crippen LogP contribution in [0, 0.1) is 0 Å². The molecule has 0 aromatic rings. The van der Waals surface area contributed by atoms with Crippen LogP contribution in [0.4, 0.5) is 0 Å². The summed E-state index contributed by atoms with van der Waals surface area (Å²) in [7, 11) is 1.88. The van der Waals surface area contributed by atoms with Gasteiger partial charge in [0.2, 0.25) is 0 Å². The molecule has 0 aliphatic rings. The maximum atomic E-state index is 10.4. The molecule has 0 aliphatic carbocycles. The highest BCUT2D eigenvalue weighted by Crippen LogP contribution is 2.06. The topological polar surface area (TPSA) is 41.1 Å². The van der Waals surface area contributed by atoms with Crippen LogP contribution in [0.1, 0.15) is 39.5 Å². The summed E-state index contributed by atoms with van der Waals surface area (Å²) in [5.74, 6) is 0. The number of carbonyl (C=O) groups excluding carboxylic acids is 1. The molecule has 3 heteroatoms. The fraction of sp³-hybridized carbons (Fsp3) is 0.750. The van der Waals surface area contributed by atoms with Gasteiger partial charge in [-0.1, -0.05) is 26.7 Å². The highest BCUT2D eigenvalue weighted by molar-refractivity contribution is 5.66. The average molecular weight is 212 g/mol. The largest absolute Gasteiger partial charge is 0.384 e. The molecule has 0 saturated heterocycles. The van der Waals surface area contributed by atoms with E-state index in [2.05, 4.69) is 24.5 Å². The minimum atomic E-state index is 0.500. The van der Waals surface area contributed by atoms with Gasteiger partial charge < -0.3 is 10.6 Å². The van der Waals surface area contributed by atoms with E-state index < -0.39 is 0 Å². The fourth-order valence-corrected chi connectivity index (χ4v) is 1.68. The predicted octanol–water partition coefficient (Wildman–Crippen LogP) is 1.85. The molecule has 15 heavy (non-hydrogen) atoms. The summed E-state index contributed by atoms with van der Waals surface area (Å²) in [5, 5.41) is 6.48. The minimum Gasteiger partial charge on any atom is -0.384 e. The standard InChI is InChI=1S/C12H24N2O/c1-4-6-11(7-5-2)14-12(8-9-15)10-13-3/h8-9,11,13-14H,4-7,10H2,1-3H3/b12-8+. The van der Waals surface area contributed by atoms with E-state index in [4.69, 9.17) is 0 Å². The average Bonchev–Trinajstić information content (AvgIpc) is 2.19. The van der Waals surface area contributed by atoms with E-state index in [-0.39, 0.29) is 0 Å². The van der Waals surface area contributed by atoms with E-state index >= 15 is 0 Å². The van der Waals surface area contributed by atoms with E-state index in [1.807, 2.05) is 7.05 Å². The molecule has 0 spiro atoms. The molecule has 0 saturated carbocycles. The van der Waals surface area contributed by atoms with Crippen molar-refractivity contribution in [1.29, 1.82) is 0 Å². The first-order valence-electron chi connectivity index (χ1n) is 5.83. The molecule has 0 radical (unpaired) electrons. The van der Waals surface area contributed by atoms with Gasteiger partial charge in [0.25, 0.3) is 0 Å². The summed E-state index contributed by atoms with van der Waals surface area (Å²) in [6, 6.07) is 0.500. The Morgan fingerprint density at radius 2 is 1.87 bits per heavy atom. The lowest BCUT2D eigenvalue weighted by Crippen LogP contribution is -2.32. The first kappa shape index (κ1) is 14.2. The van der Waals surface area contributed by atoms with Crippen LogP contribution in [0.5, 0.6) is 0 Å². The molecule has 88 valence electrons. The Balaban J connectivity index is 4.18. The highest BCUT2D eigenvalue weighted by atomic mass is 16.1. The molecule has 0 aliphatic heterocycles. The monoisotopic (exact) mass is 212 g/mol. The van der Waals surface area contributed by atoms with Crippen molar-refractivity contribution >= 4 is 6.29 Å². The minimum absolute atomic E-state index is 0.500. The Bertz CT molecular complexity index is 184. The van der Waals surface area contributed by atoms with Crippen molar-refractivity contribution < 1.29 is 4.79 Å². The van der Waals surface area contributed by atoms with E-state index in [0.29, 0.717) is 6.04 Å². The SMILES string of the molecule is CCCC(CCC)N/C(=C/C=O)CNC. The number of hydrogen-bond donors (Lipinski definition) is 2. The van der Waals surface area contributed by atoms with Crippen LogP contribution in [0.25, 0.3) is 0 Å². The zero-order valence-corrected chi connectivity index (χ0v) is 10.2. The van der Waals surface area contributed by atoms with Crippen molar-refractivity contribution in [2.24, 2.45) is 0 Å². The van der Waals surface area contributed by atoms with Gasteiger partial charge in [-0.3, -0.25) is 4.79 Å². The Kier molecular flexibility index (Phi) is 9.18. The Hall–Kier alpha value is -0.830. The number of rotatable bonds is 9. The molecule has 3 nitrogen and oxygen atoms in total. The molecule has 2 N–H and O–H groups in total. The van der Waals surface area contributed by atoms with Gasteiger partial charge in [0, 0.05) is 18.3 Å². The number of hydrogen-bond acceptors (Lipinski definition) is 3. The van der Waals surface area contributed by atoms with Crippen LogP contribution in [0.2, 0.25) is 0 Å². The summed E-state index contributed by atoms with van der Waals surface area (Å²) < 4.78 is 0. The molecule has 0 aromatic carbocycles. The molecular formula is C12H24N2O. The maximum absolute atomic E-state index is 10.4. The number of nitrogens with one attached hydrogen (secondary N) is 2. The van der Waals surface area contributed by atoms with E-state index in [1.54, 1.807) is 6.08 Å². The quantitative estimate of drug-likeness (QED) is 0.453. The normalized spacial score (nSPS) is 11.9. The lowest BCUT2D eigenvalue weighted by atomic mass is 10.1. The zero-order chi connectivity index (χ0) is 11.5. The Labute approximate surface area is 93.3 Å². The molecule has 0 heterocycles. The molecule has 0 rings (SSSR count). The van der Waals surface area contributed by atoms with Crippen LogP contribution in [0.3, 0.4) is 0 Å². The molecule has 0 amide bonds. The van der Waals surface area contributed by atoms with Crippen molar-refractivity contribution in [1.82, 2.24) is 10.6 Å². The van der Waals surface area contributed by atoms with Crippen LogP contribution in [-0.4, -0.2) is 25.9 Å². The van der Waals surface area contributed by atoms with Gasteiger partial charge in [-0.05, 0) is 26.0 Å². The summed E-state index contributed by atoms with van der Waals surface area (Å²) in [4.78, 5) is 10.4. The summed E-state index contributed by atoms with van der Waals surface area (Å²) >= 11 is 0. The first-order valence-corrected chi connectivity index (χ1v) is 5.83. The first-order chi connectivity index (χ1) is 7.28. The second-order valence-electron chi connectivity index (χ2n) is 3.78. The van der Waals surface area contributed by atoms with Gasteiger partial charge in [0.1, 0.15) is 6.29 Å². The second kappa shape index (κ2) is 9.71. The molecule has 0 unspecified atom stereocenters. The third-order valence-corrected chi connectivity index (χ3v) is 2.30. The summed E-state index contributed by atoms with van der Waals surface area (Å²) in [6.07, 6.45) is 7.11. The van der Waals surface area contributed by atoms with Gasteiger partial charge in [0.15, 0.2) is 0 Å². The molecular weight excluding hydrogens is 188 g/mol. The van der Waals surface area contributed by atoms with Gasteiger partial charge >= 0.3 is 0 Å². The third-order valence-electron chi connectivity index (χ3n) is 2.30. The van der Waals surface area contributed by atoms with Crippen molar-refractivity contribution in [3.05, 3.63) is 11.8 Å². The van der Waals surface area contributed by atoms with E-state index in [0.717, 1.165) is 31.4 Å². The maximum Gasteiger partial charge on any atom is 0.144 e. The van der Waals surface area contributed by atoms with Gasteiger partial charge in [0.05, 0.1) is 0 Å². The number of aldehydes is 1. The number of likely N-dealkylation sites (N-methyl/N-ethyl adjacent to an activating group) is 1. The Morgan fingerprint density at radius 1 is 1.27 bits per heavy atom. The molecule has 0 bridgehead atoms. The van der Waals surface area contributed by atoms with Crippen LogP contribution in [0.15, 0.2) is 11.8 Å². The lowest BCUT2D eigenvalue weighted by Gasteiger charge is -2.20. The number of allylic oxidation sites excluding steroid dienone is 1. The van der Waals surface area contributed by atoms with E-state index in [9.17, 15) is 4.79 Å². The van der Waals surface area contributed by atoms with Crippen LogP contribution >= 0.6 is 0 Å². The van der Waals surface area contributed by atoms with Gasteiger partial charge in [-0.2, -0.15) is 0 Å². The van der Waals surface area contributed by atoms with Crippen LogP contribution in [-0.2, 0) is 4.79 Å². The van der Waals surface area contributed by atoms with Gasteiger partial charge in [-0.25, -0.2) is 0 Å². The van der Waals surface area contributed by atoms with Gasteiger partial charge in [-0.15, -0.1) is 0 Å². The lowest BCUT2D eigenvalue weighted by molar-refractivity contribution is -0.104. The summed E-state index contributed by atoms with van der Waals surface area (Å²) in [5.41, 5.74) is 0.986. The molecule has 0 aromatic heterocycles. The van der Waals surface area contributed by atoms with Crippen molar-refractivity contribution in [2.75, 3.05) is 13.6 Å². The summed E-state index contributed by atoms with van der Waals surface area (Å²) in [6.45, 7) is 5.10. The van der Waals surface area contributed by atoms with Crippen molar-refractivity contribution in [3.8, 4) is 0 Å². The highest BCUT2D eigenvalue weighted by Gasteiger charge is 2.07. The predicted molar refractivity (Wildman–Crippen MR) is 64.8 cm³/mol. The third kappa shape index (κ3) is 7.14. The smallest absolute Gasteiger partial charge is 0.144 e. The van der Waals surface area contributed by atoms with Crippen molar-refractivity contribution in [3.63, 3.8) is 0 Å². The fourth-order valence-electron chi connectivity index (χ4n) is 1.68. The van der Waals surface area contributed by atoms with Crippen LogP contribution < -0.4 is 10.6 Å². The second-order valence-corrected chi connectivity index (χ2v) is 3.78. The van der Waals surface area contributed by atoms with E-state index in [1.165, 1.54) is 12.8 Å². The molecule has 0 fully saturated rings. The number of carbonyl (C=O) groups is 1. The zero-order valence-electron chi connectivity index (χ0n) is 10.2.